The van der Waals surface area contributed by atoms with Crippen molar-refractivity contribution in [2.24, 2.45) is 11.5 Å². The number of fused-ring (bicyclic) bond motifs is 2. The number of nitrogens with zero attached hydrogens (tertiary/aromatic N) is 6. The summed E-state index contributed by atoms with van der Waals surface area (Å²) in [6, 6.07) is 17.1. The van der Waals surface area contributed by atoms with E-state index in [1.54, 1.807) is 46.2 Å². The molecule has 494 valence electrons. The maximum Gasteiger partial charge on any atom is 0.251 e. The Bertz CT molecular complexity index is 3490. The molecular formula is C66H80Cl6N12O8. The molecule has 4 unspecified atom stereocenters. The van der Waals surface area contributed by atoms with E-state index in [9.17, 15) is 28.8 Å². The van der Waals surface area contributed by atoms with E-state index in [1.807, 2.05) is 52.0 Å². The summed E-state index contributed by atoms with van der Waals surface area (Å²) in [7, 11) is 0. The predicted octanol–water partition coefficient (Wildman–Crippen LogP) is 6.33. The lowest BCUT2D eigenvalue weighted by molar-refractivity contribution is -0.143. The van der Waals surface area contributed by atoms with Gasteiger partial charge >= 0.3 is 0 Å². The molecule has 20 nitrogen and oxygen atoms in total. The Hall–Kier alpha value is -5.14. The van der Waals surface area contributed by atoms with Crippen LogP contribution in [0.4, 0.5) is 11.4 Å². The Balaban J connectivity index is 0.767. The zero-order valence-corrected chi connectivity index (χ0v) is 57.0. The molecule has 4 fully saturated rings. The number of nitrogens with two attached hydrogens (primary N) is 2. The molecule has 92 heavy (non-hydrogen) atoms. The zero-order valence-electron chi connectivity index (χ0n) is 52.5. The molecule has 0 radical (unpaired) electrons. The summed E-state index contributed by atoms with van der Waals surface area (Å²) in [6.07, 6.45) is -0.646. The van der Waals surface area contributed by atoms with Crippen molar-refractivity contribution in [3.05, 3.63) is 156 Å². The Morgan fingerprint density at radius 3 is 1.26 bits per heavy atom. The number of ether oxygens (including phenoxy) is 2. The number of H-pyrrole nitrogens is 2. The van der Waals surface area contributed by atoms with Crippen LogP contribution in [0.5, 0.6) is 0 Å². The van der Waals surface area contributed by atoms with Gasteiger partial charge in [0.2, 0.25) is 23.6 Å². The van der Waals surface area contributed by atoms with Crippen molar-refractivity contribution < 1.29 is 28.7 Å². The van der Waals surface area contributed by atoms with Gasteiger partial charge in [-0.1, -0.05) is 122 Å². The van der Waals surface area contributed by atoms with Gasteiger partial charge < -0.3 is 51.3 Å². The number of carbonyl (C=O) groups excluding carboxylic acids is 4. The van der Waals surface area contributed by atoms with Crippen molar-refractivity contribution >= 4 is 105 Å². The second kappa shape index (κ2) is 27.9. The van der Waals surface area contributed by atoms with E-state index in [4.69, 9.17) is 90.5 Å². The summed E-state index contributed by atoms with van der Waals surface area (Å²) in [5.74, 6) is -1.35. The number of piperazine rings is 2. The molecule has 3 aromatic carbocycles. The summed E-state index contributed by atoms with van der Waals surface area (Å²) in [5, 5.41) is 9.36. The van der Waals surface area contributed by atoms with E-state index in [0.29, 0.717) is 167 Å². The summed E-state index contributed by atoms with van der Waals surface area (Å²) >= 11 is 38.7. The fourth-order valence-electron chi connectivity index (χ4n) is 14.4. The Morgan fingerprint density at radius 2 is 0.913 bits per heavy atom. The molecule has 0 aliphatic carbocycles. The van der Waals surface area contributed by atoms with Crippen molar-refractivity contribution in [2.75, 3.05) is 102 Å². The highest BCUT2D eigenvalue weighted by molar-refractivity contribution is 6.40. The third-order valence-corrected chi connectivity index (χ3v) is 21.1. The third kappa shape index (κ3) is 14.8. The number of nitrogens with one attached hydrogen (secondary N) is 4. The Labute approximate surface area is 565 Å². The number of halogens is 6. The maximum atomic E-state index is 14.7. The standard InChI is InChI=1S/C66H80Cl6N12O8/c1-35-27-81(31-55(85)83-33-65(3,4)59-53(83)19-39(63(89)77-59)17-45-47(69)21-41(67)22-48(45)70)43(25-75-35)29-79-11-13-91-57(61(73)87)51(79)15-37-7-9-38(10-8-37)16-52-58(62(74)88)92-14-12-80(52)30-44-26-76-36(2)28-82(44)32-56(86)84-34-66(5,6)60-54(84)20-40(64(90)78-60)18-46-49(71)23-42(68)24-50(46)72/h7-10,19-24,35-36,43-44,51-52,57-58,75-76H,11-18,25-34H2,1-6H3,(H2,73,87)(H2,74,88)(H,77,89)(H,78,90)/t35-,36-,43-,44-,51?,52?,57?,58?/m1/s1. The summed E-state index contributed by atoms with van der Waals surface area (Å²) in [6.45, 7) is 18.2. The molecule has 0 saturated carbocycles. The number of benzene rings is 3. The lowest BCUT2D eigenvalue weighted by Gasteiger charge is -2.46. The van der Waals surface area contributed by atoms with E-state index in [2.05, 4.69) is 54.0 Å². The van der Waals surface area contributed by atoms with Gasteiger partial charge in [0.25, 0.3) is 11.1 Å². The van der Waals surface area contributed by atoms with E-state index in [-0.39, 0.29) is 73.0 Å². The molecule has 8 atom stereocenters. The van der Waals surface area contributed by atoms with Gasteiger partial charge in [-0.15, -0.1) is 0 Å². The molecule has 4 amide bonds. The minimum Gasteiger partial charge on any atom is -0.367 e. The molecule has 5 aromatic rings. The van der Waals surface area contributed by atoms with Crippen LogP contribution in [0.1, 0.15) is 86.3 Å². The first-order valence-corrected chi connectivity index (χ1v) is 33.6. The van der Waals surface area contributed by atoms with Crippen LogP contribution in [0, 0.1) is 0 Å². The van der Waals surface area contributed by atoms with Crippen LogP contribution in [-0.4, -0.2) is 193 Å². The largest absolute Gasteiger partial charge is 0.367 e. The lowest BCUT2D eigenvalue weighted by Crippen LogP contribution is -2.64. The first-order chi connectivity index (χ1) is 43.6. The molecule has 8 N–H and O–H groups in total. The molecule has 6 aliphatic rings. The van der Waals surface area contributed by atoms with Crippen molar-refractivity contribution in [3.8, 4) is 0 Å². The van der Waals surface area contributed by atoms with E-state index < -0.39 is 46.9 Å². The first kappa shape index (κ1) is 68.3. The van der Waals surface area contributed by atoms with Crippen molar-refractivity contribution in [3.63, 3.8) is 0 Å². The van der Waals surface area contributed by atoms with Crippen LogP contribution in [0.25, 0.3) is 0 Å². The van der Waals surface area contributed by atoms with Gasteiger partial charge in [0.15, 0.2) is 12.2 Å². The number of hydrogen-bond donors (Lipinski definition) is 6. The van der Waals surface area contributed by atoms with E-state index in [0.717, 1.165) is 11.1 Å². The molecule has 8 heterocycles. The average molecular weight is 1380 g/mol. The van der Waals surface area contributed by atoms with Crippen LogP contribution >= 0.6 is 69.6 Å². The second-order valence-corrected chi connectivity index (χ2v) is 29.6. The number of morpholine rings is 2. The number of anilines is 2. The minimum atomic E-state index is -0.898. The van der Waals surface area contributed by atoms with Crippen molar-refractivity contribution in [2.45, 2.75) is 127 Å². The number of hydrogen-bond acceptors (Lipinski definition) is 14. The van der Waals surface area contributed by atoms with E-state index in [1.165, 1.54) is 0 Å². The quantitative estimate of drug-likeness (QED) is 0.0561. The summed E-state index contributed by atoms with van der Waals surface area (Å²) in [4.78, 5) is 102. The van der Waals surface area contributed by atoms with Crippen LogP contribution in [-0.2, 0) is 65.2 Å². The number of aromatic nitrogens is 2. The van der Waals surface area contributed by atoms with Crippen LogP contribution in [0.15, 0.2) is 70.3 Å². The van der Waals surface area contributed by atoms with Gasteiger partial charge in [-0.05, 0) is 85.3 Å². The number of carbonyl (C=O) groups is 4. The monoisotopic (exact) mass is 1380 g/mol. The number of pyridine rings is 2. The molecule has 4 saturated heterocycles. The smallest absolute Gasteiger partial charge is 0.251 e. The second-order valence-electron chi connectivity index (χ2n) is 27.1. The van der Waals surface area contributed by atoms with Crippen molar-refractivity contribution in [1.82, 2.24) is 40.2 Å². The number of aromatic amines is 2. The number of amides is 4. The molecule has 0 spiro atoms. The highest BCUT2D eigenvalue weighted by Gasteiger charge is 2.45. The van der Waals surface area contributed by atoms with Gasteiger partial charge in [-0.3, -0.25) is 48.4 Å². The SMILES string of the molecule is C[C@@H]1CN(CC(=O)N2CC(C)(C)c3[nH]c(=O)c(Cc4c(Cl)cc(Cl)cc4Cl)cc32)[C@@H](CN2CCOC(C(N)=O)C2Cc2ccc(CC3C(C(N)=O)OCCN3C[C@H]3CN[C@H](C)CN3CC(=O)N3CC(C)(C)c4[nH]c(=O)c(Cc5c(Cl)cc(Cl)cc5Cl)cc43)cc2)CN1. The molecule has 11 rings (SSSR count). The molecule has 2 aromatic heterocycles. The van der Waals surface area contributed by atoms with Crippen molar-refractivity contribution in [1.29, 1.82) is 0 Å². The van der Waals surface area contributed by atoms with Crippen LogP contribution < -0.4 is 43.0 Å². The Kier molecular flexibility index (Phi) is 20.7. The summed E-state index contributed by atoms with van der Waals surface area (Å²) in [5.41, 5.74) is 17.0. The minimum absolute atomic E-state index is 0.0904. The zero-order chi connectivity index (χ0) is 65.8. The van der Waals surface area contributed by atoms with Gasteiger partial charge in [0.1, 0.15) is 0 Å². The van der Waals surface area contributed by atoms with Crippen LogP contribution in [0.3, 0.4) is 0 Å². The molecule has 26 heteroatoms. The average Bonchev–Trinajstić information content (AvgIpc) is 1.60. The number of rotatable bonds is 18. The van der Waals surface area contributed by atoms with Gasteiger partial charge in [-0.2, -0.15) is 0 Å². The summed E-state index contributed by atoms with van der Waals surface area (Å²) < 4.78 is 12.3. The highest BCUT2D eigenvalue weighted by atomic mass is 35.5. The molecule has 6 aliphatic heterocycles. The lowest BCUT2D eigenvalue weighted by atomic mass is 9.91. The predicted molar refractivity (Wildman–Crippen MR) is 362 cm³/mol. The third-order valence-electron chi connectivity index (χ3n) is 19.3. The van der Waals surface area contributed by atoms with Gasteiger partial charge in [0, 0.05) is 178 Å². The fraction of sp³-hybridized carbons (Fsp3) is 0.515. The Morgan fingerprint density at radius 1 is 0.554 bits per heavy atom. The molecular weight excluding hydrogens is 1300 g/mol. The first-order valence-electron chi connectivity index (χ1n) is 31.3. The number of primary amides is 2. The van der Waals surface area contributed by atoms with E-state index >= 15 is 0 Å². The topological polar surface area (TPSA) is 248 Å². The maximum absolute atomic E-state index is 14.7. The van der Waals surface area contributed by atoms with Gasteiger partial charge in [-0.25, -0.2) is 0 Å². The highest BCUT2D eigenvalue weighted by Crippen LogP contribution is 2.42. The van der Waals surface area contributed by atoms with Gasteiger partial charge in [0.05, 0.1) is 37.7 Å². The fourth-order valence-corrected chi connectivity index (χ4v) is 16.3. The normalized spacial score (nSPS) is 25.2. The van der Waals surface area contributed by atoms with Crippen LogP contribution in [0.2, 0.25) is 30.1 Å². The molecule has 0 bridgehead atoms.